The lowest BCUT2D eigenvalue weighted by Crippen LogP contribution is -2.37. The molecule has 0 spiro atoms. The number of allylic oxidation sites excluding steroid dienone is 1. The number of hydrogen-bond donors (Lipinski definition) is 0. The highest BCUT2D eigenvalue weighted by atomic mass is 32.2. The summed E-state index contributed by atoms with van der Waals surface area (Å²) < 4.78 is 61.2. The fourth-order valence-corrected chi connectivity index (χ4v) is 1.26. The minimum absolute atomic E-state index is 1.13. The van der Waals surface area contributed by atoms with Gasteiger partial charge in [0.2, 0.25) is 5.69 Å². The minimum atomic E-state index is -6.09. The van der Waals surface area contributed by atoms with Crippen LogP contribution in [0.2, 0.25) is 0 Å². The van der Waals surface area contributed by atoms with Crippen molar-refractivity contribution in [3.05, 3.63) is 36.2 Å². The van der Waals surface area contributed by atoms with Crippen molar-refractivity contribution in [2.24, 2.45) is 0 Å². The minimum Gasteiger partial charge on any atom is -0.741 e. The van der Waals surface area contributed by atoms with Crippen molar-refractivity contribution < 1.29 is 30.7 Å². The number of aryl methyl sites for hydroxylation is 1. The van der Waals surface area contributed by atoms with Crippen LogP contribution in [0.15, 0.2) is 30.5 Å². The summed E-state index contributed by atoms with van der Waals surface area (Å²) >= 11 is 0. The molecule has 1 aromatic rings. The van der Waals surface area contributed by atoms with Gasteiger partial charge in [0.1, 0.15) is 0 Å². The van der Waals surface area contributed by atoms with Crippen molar-refractivity contribution in [2.75, 3.05) is 0 Å². The Labute approximate surface area is 102 Å². The van der Waals surface area contributed by atoms with Crippen LogP contribution in [0.5, 0.6) is 0 Å². The number of halogens is 3. The standard InChI is InChI=1S/C9H10N.CHF3O3S/c1-3-7-10-8-4-2-6-9(10)5-1;2-1(3,4)8(5,6)7/h1-3,5-7H,4,8H2;(H,5,6,7)/q+1;/p-1. The summed E-state index contributed by atoms with van der Waals surface area (Å²) in [5.41, 5.74) is -4.33. The van der Waals surface area contributed by atoms with E-state index in [9.17, 15) is 13.2 Å². The fourth-order valence-electron chi connectivity index (χ4n) is 1.26. The molecule has 1 aliphatic rings. The molecule has 18 heavy (non-hydrogen) atoms. The van der Waals surface area contributed by atoms with Crippen molar-refractivity contribution in [1.29, 1.82) is 0 Å². The number of nitrogens with zero attached hydrogens (tertiary/aromatic N) is 1. The SMILES string of the molecule is C1=Cc2cccc[n+]2CC1.O=S(=O)([O-])C(F)(F)F. The van der Waals surface area contributed by atoms with Crippen LogP contribution < -0.4 is 4.57 Å². The van der Waals surface area contributed by atoms with Gasteiger partial charge >= 0.3 is 5.51 Å². The Morgan fingerprint density at radius 1 is 1.28 bits per heavy atom. The van der Waals surface area contributed by atoms with Crippen LogP contribution in [-0.2, 0) is 16.7 Å². The van der Waals surface area contributed by atoms with Crippen LogP contribution in [0.1, 0.15) is 12.1 Å². The van der Waals surface area contributed by atoms with Gasteiger partial charge in [0.25, 0.3) is 0 Å². The average Bonchev–Trinajstić information content (AvgIpc) is 2.27. The van der Waals surface area contributed by atoms with Crippen molar-refractivity contribution in [2.45, 2.75) is 18.5 Å². The van der Waals surface area contributed by atoms with E-state index in [2.05, 4.69) is 41.1 Å². The van der Waals surface area contributed by atoms with Gasteiger partial charge in [-0.25, -0.2) is 8.42 Å². The first-order chi connectivity index (χ1) is 8.22. The Bertz CT molecular complexity index is 538. The summed E-state index contributed by atoms with van der Waals surface area (Å²) in [5, 5.41) is 0. The van der Waals surface area contributed by atoms with Gasteiger partial charge in [-0.2, -0.15) is 17.7 Å². The van der Waals surface area contributed by atoms with E-state index in [0.29, 0.717) is 0 Å². The molecule has 0 saturated carbocycles. The molecule has 0 bridgehead atoms. The van der Waals surface area contributed by atoms with Crippen LogP contribution in [0.25, 0.3) is 6.08 Å². The second-order valence-electron chi connectivity index (χ2n) is 3.41. The third-order valence-electron chi connectivity index (χ3n) is 2.08. The normalized spacial score (nSPS) is 14.4. The highest BCUT2D eigenvalue weighted by Crippen LogP contribution is 2.20. The summed E-state index contributed by atoms with van der Waals surface area (Å²) in [7, 11) is -6.09. The Morgan fingerprint density at radius 3 is 2.39 bits per heavy atom. The highest BCUT2D eigenvalue weighted by molar-refractivity contribution is 7.86. The van der Waals surface area contributed by atoms with Gasteiger partial charge in [-0.1, -0.05) is 6.08 Å². The van der Waals surface area contributed by atoms with E-state index >= 15 is 0 Å². The van der Waals surface area contributed by atoms with E-state index in [1.807, 2.05) is 0 Å². The molecule has 0 fully saturated rings. The van der Waals surface area contributed by atoms with Gasteiger partial charge in [-0.3, -0.25) is 0 Å². The third kappa shape index (κ3) is 4.11. The molecule has 0 saturated heterocycles. The fraction of sp³-hybridized carbons (Fsp3) is 0.300. The second kappa shape index (κ2) is 5.49. The zero-order valence-corrected chi connectivity index (χ0v) is 9.91. The number of hydrogen-bond acceptors (Lipinski definition) is 3. The lowest BCUT2D eigenvalue weighted by atomic mass is 10.2. The molecule has 0 radical (unpaired) electrons. The molecule has 0 unspecified atom stereocenters. The molecule has 100 valence electrons. The molecular formula is C10H10F3NO3S. The predicted octanol–water partition coefficient (Wildman–Crippen LogP) is 1.44. The largest absolute Gasteiger partial charge is 0.741 e. The number of fused-ring (bicyclic) bond motifs is 1. The summed E-state index contributed by atoms with van der Waals surface area (Å²) in [6, 6.07) is 6.28. The molecule has 0 N–H and O–H groups in total. The van der Waals surface area contributed by atoms with Gasteiger partial charge in [0, 0.05) is 24.6 Å². The number of alkyl halides is 3. The van der Waals surface area contributed by atoms with Crippen molar-refractivity contribution in [1.82, 2.24) is 0 Å². The van der Waals surface area contributed by atoms with Crippen molar-refractivity contribution in [3.63, 3.8) is 0 Å². The first-order valence-corrected chi connectivity index (χ1v) is 6.30. The summed E-state index contributed by atoms with van der Waals surface area (Å²) in [6.07, 6.45) is 7.68. The van der Waals surface area contributed by atoms with Gasteiger partial charge in [-0.05, 0) is 6.07 Å². The van der Waals surface area contributed by atoms with Crippen LogP contribution >= 0.6 is 0 Å². The van der Waals surface area contributed by atoms with E-state index in [1.165, 1.54) is 12.1 Å². The maximum absolute atomic E-state index is 10.7. The second-order valence-corrected chi connectivity index (χ2v) is 4.78. The summed E-state index contributed by atoms with van der Waals surface area (Å²) in [5.74, 6) is 0. The van der Waals surface area contributed by atoms with E-state index in [0.717, 1.165) is 6.54 Å². The Morgan fingerprint density at radius 2 is 1.89 bits per heavy atom. The van der Waals surface area contributed by atoms with Crippen molar-refractivity contribution >= 4 is 16.2 Å². The molecule has 0 aliphatic carbocycles. The number of aromatic nitrogens is 1. The van der Waals surface area contributed by atoms with Crippen molar-refractivity contribution in [3.8, 4) is 0 Å². The highest BCUT2D eigenvalue weighted by Gasteiger charge is 2.36. The Kier molecular flexibility index (Phi) is 4.47. The quantitative estimate of drug-likeness (QED) is 0.411. The lowest BCUT2D eigenvalue weighted by Gasteiger charge is -2.08. The zero-order valence-electron chi connectivity index (χ0n) is 9.09. The van der Waals surface area contributed by atoms with Crippen LogP contribution in [0.4, 0.5) is 13.2 Å². The topological polar surface area (TPSA) is 61.1 Å². The van der Waals surface area contributed by atoms with Gasteiger partial charge in [0.05, 0.1) is 0 Å². The zero-order chi connectivity index (χ0) is 13.8. The molecule has 1 aliphatic heterocycles. The first-order valence-electron chi connectivity index (χ1n) is 4.89. The Balaban J connectivity index is 0.000000187. The molecule has 2 rings (SSSR count). The van der Waals surface area contributed by atoms with E-state index < -0.39 is 15.6 Å². The molecular weight excluding hydrogens is 271 g/mol. The molecule has 0 aromatic carbocycles. The maximum atomic E-state index is 10.7. The van der Waals surface area contributed by atoms with Gasteiger partial charge in [-0.15, -0.1) is 0 Å². The average molecular weight is 281 g/mol. The van der Waals surface area contributed by atoms with E-state index in [1.54, 1.807) is 0 Å². The smallest absolute Gasteiger partial charge is 0.485 e. The molecule has 0 amide bonds. The van der Waals surface area contributed by atoms with Gasteiger partial charge < -0.3 is 4.55 Å². The molecule has 1 aromatic heterocycles. The summed E-state index contributed by atoms with van der Waals surface area (Å²) in [4.78, 5) is 0. The number of rotatable bonds is 0. The van der Waals surface area contributed by atoms with Gasteiger partial charge in [0.15, 0.2) is 22.9 Å². The Hall–Kier alpha value is -1.41. The predicted molar refractivity (Wildman–Crippen MR) is 56.0 cm³/mol. The van der Waals surface area contributed by atoms with Crippen LogP contribution in [0, 0.1) is 0 Å². The third-order valence-corrected chi connectivity index (χ3v) is 2.65. The summed E-state index contributed by atoms with van der Waals surface area (Å²) in [6.45, 7) is 1.13. The maximum Gasteiger partial charge on any atom is 0.485 e. The van der Waals surface area contributed by atoms with E-state index in [4.69, 9.17) is 13.0 Å². The molecule has 4 nitrogen and oxygen atoms in total. The van der Waals surface area contributed by atoms with Crippen LogP contribution in [-0.4, -0.2) is 18.5 Å². The molecule has 8 heteroatoms. The molecule has 0 atom stereocenters. The van der Waals surface area contributed by atoms with Crippen LogP contribution in [0.3, 0.4) is 0 Å². The molecule has 2 heterocycles. The first kappa shape index (κ1) is 14.7. The monoisotopic (exact) mass is 281 g/mol. The number of pyridine rings is 1. The lowest BCUT2D eigenvalue weighted by molar-refractivity contribution is -0.699. The van der Waals surface area contributed by atoms with E-state index in [-0.39, 0.29) is 0 Å².